The number of aryl methyl sites for hydroxylation is 1. The Bertz CT molecular complexity index is 857. The zero-order chi connectivity index (χ0) is 19.8. The van der Waals surface area contributed by atoms with Crippen LogP contribution in [0.25, 0.3) is 0 Å². The molecule has 154 valence electrons. The molecule has 2 aromatic heterocycles. The largest absolute Gasteiger partial charge is 0.337 e. The molecule has 1 amide bonds. The van der Waals surface area contributed by atoms with Gasteiger partial charge in [0, 0.05) is 55.1 Å². The highest BCUT2D eigenvalue weighted by atomic mass is 32.1. The molecule has 1 saturated heterocycles. The minimum Gasteiger partial charge on any atom is -0.337 e. The average molecular weight is 411 g/mol. The molecule has 2 aliphatic heterocycles. The Morgan fingerprint density at radius 3 is 2.55 bits per heavy atom. The van der Waals surface area contributed by atoms with Gasteiger partial charge in [0.15, 0.2) is 0 Å². The second kappa shape index (κ2) is 8.15. The van der Waals surface area contributed by atoms with Crippen LogP contribution in [0.4, 0.5) is 0 Å². The van der Waals surface area contributed by atoms with Crippen LogP contribution in [0.15, 0.2) is 18.2 Å². The molecule has 0 N–H and O–H groups in total. The molecular weight excluding hydrogens is 380 g/mol. The highest BCUT2D eigenvalue weighted by molar-refractivity contribution is 7.11. The number of nitrogens with zero attached hydrogens (tertiary/aromatic N) is 4. The fourth-order valence-electron chi connectivity index (χ4n) is 4.85. The number of likely N-dealkylation sites (tertiary alicyclic amines) is 1. The fraction of sp³-hybridized carbons (Fsp3) is 0.609. The minimum absolute atomic E-state index is 0.0677. The number of fused-ring (bicyclic) bond motifs is 1. The molecule has 5 nitrogen and oxygen atoms in total. The molecule has 0 aromatic carbocycles. The summed E-state index contributed by atoms with van der Waals surface area (Å²) in [6.07, 6.45) is 8.49. The van der Waals surface area contributed by atoms with Gasteiger partial charge in [-0.1, -0.05) is 12.5 Å². The van der Waals surface area contributed by atoms with Gasteiger partial charge in [-0.3, -0.25) is 9.69 Å². The number of piperidine rings is 1. The third-order valence-corrected chi connectivity index (χ3v) is 8.21. The number of thiazole rings is 1. The second-order valence-electron chi connectivity index (χ2n) is 8.77. The fourth-order valence-corrected chi connectivity index (χ4v) is 6.12. The first kappa shape index (κ1) is 19.2. The molecule has 0 atom stereocenters. The van der Waals surface area contributed by atoms with Crippen LogP contribution in [0, 0.1) is 6.92 Å². The SMILES string of the molecule is Cc1cccc(C(=O)N2CCC(c3nc4c(s3)CCN(C3CCC3)CC4)CC2)n1. The Morgan fingerprint density at radius 2 is 1.83 bits per heavy atom. The van der Waals surface area contributed by atoms with Crippen molar-refractivity contribution in [3.63, 3.8) is 0 Å². The van der Waals surface area contributed by atoms with Crippen LogP contribution in [-0.4, -0.2) is 57.9 Å². The van der Waals surface area contributed by atoms with Gasteiger partial charge in [0.05, 0.1) is 10.7 Å². The lowest BCUT2D eigenvalue weighted by molar-refractivity contribution is 0.0706. The first-order valence-electron chi connectivity index (χ1n) is 11.1. The molecule has 5 rings (SSSR count). The van der Waals surface area contributed by atoms with E-state index in [1.54, 1.807) is 0 Å². The molecule has 3 aliphatic rings. The lowest BCUT2D eigenvalue weighted by Gasteiger charge is -2.36. The second-order valence-corrected chi connectivity index (χ2v) is 9.89. The van der Waals surface area contributed by atoms with Gasteiger partial charge in [0.1, 0.15) is 5.69 Å². The lowest BCUT2D eigenvalue weighted by atomic mass is 9.91. The van der Waals surface area contributed by atoms with Gasteiger partial charge in [0.2, 0.25) is 0 Å². The summed E-state index contributed by atoms with van der Waals surface area (Å²) in [5.41, 5.74) is 2.82. The summed E-state index contributed by atoms with van der Waals surface area (Å²) in [6, 6.07) is 6.51. The number of pyridine rings is 1. The van der Waals surface area contributed by atoms with Crippen molar-refractivity contribution in [2.24, 2.45) is 0 Å². The predicted molar refractivity (Wildman–Crippen MR) is 116 cm³/mol. The maximum absolute atomic E-state index is 12.8. The van der Waals surface area contributed by atoms with Gasteiger partial charge >= 0.3 is 0 Å². The van der Waals surface area contributed by atoms with E-state index in [1.807, 2.05) is 41.4 Å². The Balaban J connectivity index is 1.19. The molecule has 0 spiro atoms. The Morgan fingerprint density at radius 1 is 1.03 bits per heavy atom. The van der Waals surface area contributed by atoms with Crippen LogP contribution in [0.1, 0.15) is 69.8 Å². The van der Waals surface area contributed by atoms with Crippen LogP contribution in [0.5, 0.6) is 0 Å². The molecule has 6 heteroatoms. The number of carbonyl (C=O) groups is 1. The summed E-state index contributed by atoms with van der Waals surface area (Å²) >= 11 is 1.95. The maximum Gasteiger partial charge on any atom is 0.272 e. The minimum atomic E-state index is 0.0677. The molecule has 0 bridgehead atoms. The Labute approximate surface area is 177 Å². The van der Waals surface area contributed by atoms with E-state index in [0.29, 0.717) is 11.6 Å². The van der Waals surface area contributed by atoms with Gasteiger partial charge in [-0.25, -0.2) is 9.97 Å². The third kappa shape index (κ3) is 3.97. The van der Waals surface area contributed by atoms with E-state index in [9.17, 15) is 4.79 Å². The zero-order valence-electron chi connectivity index (χ0n) is 17.3. The topological polar surface area (TPSA) is 49.3 Å². The van der Waals surface area contributed by atoms with Crippen LogP contribution >= 0.6 is 11.3 Å². The molecule has 0 unspecified atom stereocenters. The van der Waals surface area contributed by atoms with Crippen LogP contribution in [0.2, 0.25) is 0 Å². The van der Waals surface area contributed by atoms with Gasteiger partial charge in [-0.15, -0.1) is 11.3 Å². The summed E-state index contributed by atoms with van der Waals surface area (Å²) in [4.78, 5) is 28.4. The zero-order valence-corrected chi connectivity index (χ0v) is 18.1. The lowest BCUT2D eigenvalue weighted by Crippen LogP contribution is -2.41. The van der Waals surface area contributed by atoms with Crippen molar-refractivity contribution >= 4 is 17.2 Å². The summed E-state index contributed by atoms with van der Waals surface area (Å²) < 4.78 is 0. The van der Waals surface area contributed by atoms with E-state index < -0.39 is 0 Å². The highest BCUT2D eigenvalue weighted by Gasteiger charge is 2.30. The van der Waals surface area contributed by atoms with Crippen molar-refractivity contribution in [1.82, 2.24) is 19.8 Å². The van der Waals surface area contributed by atoms with E-state index in [-0.39, 0.29) is 5.91 Å². The summed E-state index contributed by atoms with van der Waals surface area (Å²) in [6.45, 7) is 5.92. The summed E-state index contributed by atoms with van der Waals surface area (Å²) in [5.74, 6) is 0.572. The van der Waals surface area contributed by atoms with Gasteiger partial charge in [-0.2, -0.15) is 0 Å². The first-order chi connectivity index (χ1) is 14.2. The van der Waals surface area contributed by atoms with Crippen molar-refractivity contribution in [3.8, 4) is 0 Å². The Kier molecular flexibility index (Phi) is 5.39. The molecule has 1 aliphatic carbocycles. The third-order valence-electron chi connectivity index (χ3n) is 6.89. The van der Waals surface area contributed by atoms with Crippen molar-refractivity contribution in [1.29, 1.82) is 0 Å². The van der Waals surface area contributed by atoms with Gasteiger partial charge < -0.3 is 4.90 Å². The number of hydrogen-bond donors (Lipinski definition) is 0. The van der Waals surface area contributed by atoms with E-state index in [2.05, 4.69) is 9.88 Å². The standard InChI is InChI=1S/C23H30N4OS/c1-16-4-2-7-20(24-16)23(28)27-12-8-17(9-13-27)22-25-19-10-14-26(18-5-3-6-18)15-11-21(19)29-22/h2,4,7,17-18H,3,5-6,8-15H2,1H3. The van der Waals surface area contributed by atoms with Crippen LogP contribution in [0.3, 0.4) is 0 Å². The molecule has 0 radical (unpaired) electrons. The number of rotatable bonds is 3. The maximum atomic E-state index is 12.8. The number of amides is 1. The average Bonchev–Trinajstić information content (AvgIpc) is 3.02. The number of aromatic nitrogens is 2. The van der Waals surface area contributed by atoms with E-state index in [1.165, 1.54) is 54.4 Å². The predicted octanol–water partition coefficient (Wildman–Crippen LogP) is 3.82. The van der Waals surface area contributed by atoms with E-state index in [4.69, 9.17) is 4.98 Å². The molecule has 2 aromatic rings. The van der Waals surface area contributed by atoms with Crippen molar-refractivity contribution in [3.05, 3.63) is 45.2 Å². The molecule has 29 heavy (non-hydrogen) atoms. The summed E-state index contributed by atoms with van der Waals surface area (Å²) in [7, 11) is 0. The van der Waals surface area contributed by atoms with Crippen molar-refractivity contribution in [2.45, 2.75) is 63.8 Å². The first-order valence-corrected chi connectivity index (χ1v) is 11.9. The highest BCUT2D eigenvalue weighted by Crippen LogP contribution is 2.35. The van der Waals surface area contributed by atoms with Gasteiger partial charge in [-0.05, 0) is 51.2 Å². The molecule has 1 saturated carbocycles. The number of hydrogen-bond acceptors (Lipinski definition) is 5. The van der Waals surface area contributed by atoms with Crippen LogP contribution < -0.4 is 0 Å². The normalized spacial score (nSPS) is 21.5. The van der Waals surface area contributed by atoms with Crippen molar-refractivity contribution < 1.29 is 4.79 Å². The molecular formula is C23H30N4OS. The van der Waals surface area contributed by atoms with Crippen molar-refractivity contribution in [2.75, 3.05) is 26.2 Å². The monoisotopic (exact) mass is 410 g/mol. The smallest absolute Gasteiger partial charge is 0.272 e. The molecule has 2 fully saturated rings. The molecule has 4 heterocycles. The van der Waals surface area contributed by atoms with E-state index >= 15 is 0 Å². The van der Waals surface area contributed by atoms with Crippen LogP contribution in [-0.2, 0) is 12.8 Å². The Hall–Kier alpha value is -1.79. The summed E-state index contributed by atoms with van der Waals surface area (Å²) in [5, 5.41) is 1.31. The quantitative estimate of drug-likeness (QED) is 0.772. The van der Waals surface area contributed by atoms with Gasteiger partial charge in [0.25, 0.3) is 5.91 Å². The number of carbonyl (C=O) groups excluding carboxylic acids is 1. The van der Waals surface area contributed by atoms with E-state index in [0.717, 1.165) is 44.1 Å².